The summed E-state index contributed by atoms with van der Waals surface area (Å²) in [5.41, 5.74) is 2.08. The zero-order chi connectivity index (χ0) is 15.7. The fourth-order valence-electron chi connectivity index (χ4n) is 3.97. The van der Waals surface area contributed by atoms with Crippen molar-refractivity contribution in [3.05, 3.63) is 29.6 Å². The lowest BCUT2D eigenvalue weighted by atomic mass is 9.52. The molecule has 1 amide bonds. The number of nitrogens with zero attached hydrogens (tertiary/aromatic N) is 1. The Balaban J connectivity index is 2.00. The summed E-state index contributed by atoms with van der Waals surface area (Å²) in [5, 5.41) is 3.20. The van der Waals surface area contributed by atoms with Gasteiger partial charge in [0.15, 0.2) is 0 Å². The Bertz CT molecular complexity index is 488. The van der Waals surface area contributed by atoms with Gasteiger partial charge in [0, 0.05) is 17.9 Å². The van der Waals surface area contributed by atoms with Crippen molar-refractivity contribution in [2.24, 2.45) is 10.8 Å². The highest BCUT2D eigenvalue weighted by molar-refractivity contribution is 5.94. The summed E-state index contributed by atoms with van der Waals surface area (Å²) in [7, 11) is 0. The van der Waals surface area contributed by atoms with Crippen LogP contribution in [0.15, 0.2) is 18.3 Å². The zero-order valence-electron chi connectivity index (χ0n) is 14.0. The molecule has 3 nitrogen and oxygen atoms in total. The lowest BCUT2D eigenvalue weighted by molar-refractivity contribution is -0.0366. The van der Waals surface area contributed by atoms with Gasteiger partial charge in [-0.05, 0) is 42.2 Å². The minimum absolute atomic E-state index is 0.00427. The molecule has 1 aromatic heterocycles. The molecule has 0 unspecified atom stereocenters. The van der Waals surface area contributed by atoms with E-state index in [1.165, 1.54) is 0 Å². The van der Waals surface area contributed by atoms with Crippen molar-refractivity contribution < 1.29 is 4.79 Å². The molecule has 1 saturated carbocycles. The Morgan fingerprint density at radius 3 is 2.43 bits per heavy atom. The number of rotatable bonds is 5. The number of carbonyl (C=O) groups is 1. The van der Waals surface area contributed by atoms with Crippen molar-refractivity contribution >= 4 is 5.91 Å². The van der Waals surface area contributed by atoms with Gasteiger partial charge in [-0.1, -0.05) is 41.0 Å². The van der Waals surface area contributed by atoms with Crippen LogP contribution in [0.2, 0.25) is 0 Å². The third kappa shape index (κ3) is 3.45. The number of hydrogen-bond acceptors (Lipinski definition) is 2. The van der Waals surface area contributed by atoms with Gasteiger partial charge in [0.25, 0.3) is 5.91 Å². The van der Waals surface area contributed by atoms with E-state index in [0.29, 0.717) is 5.56 Å². The number of carbonyl (C=O) groups excluding carboxylic acids is 1. The molecular formula is C18H28N2O. The Labute approximate surface area is 128 Å². The number of aryl methyl sites for hydroxylation is 1. The first-order valence-electron chi connectivity index (χ1n) is 8.02. The van der Waals surface area contributed by atoms with Gasteiger partial charge in [-0.25, -0.2) is 0 Å². The van der Waals surface area contributed by atoms with E-state index in [2.05, 4.69) is 44.9 Å². The maximum atomic E-state index is 12.4. The Morgan fingerprint density at radius 2 is 1.95 bits per heavy atom. The highest BCUT2D eigenvalue weighted by Gasteiger charge is 2.53. The maximum Gasteiger partial charge on any atom is 0.253 e. The average Bonchev–Trinajstić information content (AvgIpc) is 2.41. The fraction of sp³-hybridized carbons (Fsp3) is 0.667. The molecule has 1 N–H and O–H groups in total. The van der Waals surface area contributed by atoms with Crippen LogP contribution >= 0.6 is 0 Å². The standard InChI is InChI=1S/C18H28N2O/c1-6-7-8-14-10-9-13(11-19-14)15(21)20-16-17(2,3)12-18(16,4)5/h9-11,16H,6-8,12H2,1-5H3,(H,20,21). The molecule has 1 aromatic rings. The first-order chi connectivity index (χ1) is 9.76. The lowest BCUT2D eigenvalue weighted by Gasteiger charge is -2.57. The predicted octanol–water partition coefficient (Wildman–Crippen LogP) is 3.98. The monoisotopic (exact) mass is 288 g/mol. The summed E-state index contributed by atoms with van der Waals surface area (Å²) in [6.45, 7) is 11.0. The van der Waals surface area contributed by atoms with E-state index in [-0.39, 0.29) is 22.8 Å². The number of hydrogen-bond donors (Lipinski definition) is 1. The van der Waals surface area contributed by atoms with Gasteiger partial charge >= 0.3 is 0 Å². The van der Waals surface area contributed by atoms with Crippen LogP contribution in [0.5, 0.6) is 0 Å². The zero-order valence-corrected chi connectivity index (χ0v) is 14.0. The Hall–Kier alpha value is -1.38. The first kappa shape index (κ1) is 16.0. The van der Waals surface area contributed by atoms with Gasteiger partial charge in [0.1, 0.15) is 0 Å². The summed E-state index contributed by atoms with van der Waals surface area (Å²) in [5.74, 6) is -0.00427. The maximum absolute atomic E-state index is 12.4. The second-order valence-corrected chi connectivity index (χ2v) is 7.70. The molecule has 0 atom stereocenters. The molecule has 1 aliphatic carbocycles. The number of aromatic nitrogens is 1. The number of amides is 1. The highest BCUT2D eigenvalue weighted by atomic mass is 16.1. The van der Waals surface area contributed by atoms with Crippen LogP contribution in [0, 0.1) is 10.8 Å². The van der Waals surface area contributed by atoms with Gasteiger partial charge in [-0.15, -0.1) is 0 Å². The first-order valence-corrected chi connectivity index (χ1v) is 8.02. The minimum Gasteiger partial charge on any atom is -0.348 e. The molecule has 0 spiro atoms. The van der Waals surface area contributed by atoms with Gasteiger partial charge in [-0.2, -0.15) is 0 Å². The summed E-state index contributed by atoms with van der Waals surface area (Å²) in [4.78, 5) is 16.8. The van der Waals surface area contributed by atoms with Crippen molar-refractivity contribution in [3.8, 4) is 0 Å². The SMILES string of the molecule is CCCCc1ccc(C(=O)NC2C(C)(C)CC2(C)C)cn1. The van der Waals surface area contributed by atoms with Gasteiger partial charge in [0.05, 0.1) is 5.56 Å². The van der Waals surface area contributed by atoms with Crippen LogP contribution in [-0.2, 0) is 6.42 Å². The lowest BCUT2D eigenvalue weighted by Crippen LogP contribution is -2.63. The molecule has 1 aliphatic rings. The molecule has 0 radical (unpaired) electrons. The van der Waals surface area contributed by atoms with Crippen molar-refractivity contribution in [1.82, 2.24) is 10.3 Å². The topological polar surface area (TPSA) is 42.0 Å². The quantitative estimate of drug-likeness (QED) is 0.890. The molecule has 21 heavy (non-hydrogen) atoms. The van der Waals surface area contributed by atoms with E-state index in [1.807, 2.05) is 12.1 Å². The molecule has 1 heterocycles. The minimum atomic E-state index is -0.00427. The molecule has 3 heteroatoms. The molecule has 0 bridgehead atoms. The number of pyridine rings is 1. The molecular weight excluding hydrogens is 260 g/mol. The van der Waals surface area contributed by atoms with Crippen LogP contribution in [0.1, 0.15) is 69.9 Å². The summed E-state index contributed by atoms with van der Waals surface area (Å²) >= 11 is 0. The summed E-state index contributed by atoms with van der Waals surface area (Å²) < 4.78 is 0. The summed E-state index contributed by atoms with van der Waals surface area (Å²) in [6, 6.07) is 4.09. The van der Waals surface area contributed by atoms with Crippen molar-refractivity contribution in [2.75, 3.05) is 0 Å². The van der Waals surface area contributed by atoms with Crippen molar-refractivity contribution in [3.63, 3.8) is 0 Å². The van der Waals surface area contributed by atoms with Gasteiger partial charge in [-0.3, -0.25) is 9.78 Å². The average molecular weight is 288 g/mol. The van der Waals surface area contributed by atoms with Gasteiger partial charge in [0.2, 0.25) is 0 Å². The predicted molar refractivity (Wildman–Crippen MR) is 86.3 cm³/mol. The third-order valence-electron chi connectivity index (χ3n) is 4.62. The Kier molecular flexibility index (Phi) is 4.40. The van der Waals surface area contributed by atoms with Crippen LogP contribution in [0.4, 0.5) is 0 Å². The fourth-order valence-corrected chi connectivity index (χ4v) is 3.97. The highest BCUT2D eigenvalue weighted by Crippen LogP contribution is 2.53. The molecule has 116 valence electrons. The normalized spacial score (nSPS) is 19.9. The Morgan fingerprint density at radius 1 is 1.29 bits per heavy atom. The van der Waals surface area contributed by atoms with Crippen LogP contribution < -0.4 is 5.32 Å². The largest absolute Gasteiger partial charge is 0.348 e. The van der Waals surface area contributed by atoms with E-state index in [0.717, 1.165) is 31.4 Å². The van der Waals surface area contributed by atoms with Crippen LogP contribution in [-0.4, -0.2) is 16.9 Å². The van der Waals surface area contributed by atoms with Crippen LogP contribution in [0.25, 0.3) is 0 Å². The molecule has 0 aliphatic heterocycles. The number of unbranched alkanes of at least 4 members (excludes halogenated alkanes) is 1. The second kappa shape index (κ2) is 5.78. The van der Waals surface area contributed by atoms with Crippen molar-refractivity contribution in [2.45, 2.75) is 66.3 Å². The van der Waals surface area contributed by atoms with E-state index in [9.17, 15) is 4.79 Å². The van der Waals surface area contributed by atoms with E-state index >= 15 is 0 Å². The van der Waals surface area contributed by atoms with Gasteiger partial charge < -0.3 is 5.32 Å². The van der Waals surface area contributed by atoms with E-state index in [4.69, 9.17) is 0 Å². The number of nitrogens with one attached hydrogen (secondary N) is 1. The molecule has 1 fully saturated rings. The van der Waals surface area contributed by atoms with E-state index < -0.39 is 0 Å². The molecule has 0 saturated heterocycles. The molecule has 0 aromatic carbocycles. The third-order valence-corrected chi connectivity index (χ3v) is 4.62. The van der Waals surface area contributed by atoms with Crippen molar-refractivity contribution in [1.29, 1.82) is 0 Å². The second-order valence-electron chi connectivity index (χ2n) is 7.70. The molecule has 2 rings (SSSR count). The summed E-state index contributed by atoms with van der Waals surface area (Å²) in [6.07, 6.45) is 6.14. The van der Waals surface area contributed by atoms with E-state index in [1.54, 1.807) is 6.20 Å². The smallest absolute Gasteiger partial charge is 0.253 e. The van der Waals surface area contributed by atoms with Crippen LogP contribution in [0.3, 0.4) is 0 Å².